The summed E-state index contributed by atoms with van der Waals surface area (Å²) in [5.41, 5.74) is 1.96. The quantitative estimate of drug-likeness (QED) is 0.478. The highest BCUT2D eigenvalue weighted by Gasteiger charge is 2.09. The molecule has 0 heterocycles. The monoisotopic (exact) mass is 319 g/mol. The third-order valence-corrected chi connectivity index (χ3v) is 3.49. The van der Waals surface area contributed by atoms with Gasteiger partial charge in [-0.3, -0.25) is 4.79 Å². The molecule has 4 heteroatoms. The van der Waals surface area contributed by atoms with Gasteiger partial charge in [0.25, 0.3) is 0 Å². The van der Waals surface area contributed by atoms with Crippen LogP contribution in [-0.4, -0.2) is 11.7 Å². The van der Waals surface area contributed by atoms with E-state index in [9.17, 15) is 4.79 Å². The molecule has 0 saturated heterocycles. The summed E-state index contributed by atoms with van der Waals surface area (Å²) in [5.74, 6) is -0.201. The van der Waals surface area contributed by atoms with Crippen LogP contribution in [0.5, 0.6) is 0 Å². The maximum absolute atomic E-state index is 11.3. The van der Waals surface area contributed by atoms with Gasteiger partial charge < -0.3 is 0 Å². The summed E-state index contributed by atoms with van der Waals surface area (Å²) in [7, 11) is 0. The number of halogens is 2. The van der Waals surface area contributed by atoms with Crippen molar-refractivity contribution in [2.24, 2.45) is 0 Å². The van der Waals surface area contributed by atoms with Crippen LogP contribution in [-0.2, 0) is 0 Å². The number of hydrogen-bond acceptors (Lipinski definition) is 2. The van der Waals surface area contributed by atoms with Crippen molar-refractivity contribution in [3.05, 3.63) is 32.4 Å². The summed E-state index contributed by atoms with van der Waals surface area (Å²) >= 11 is 7.53. The first-order valence-electron chi connectivity index (χ1n) is 3.89. The number of carbonyl (C=O) groups excluding carboxylic acids is 1. The van der Waals surface area contributed by atoms with Crippen molar-refractivity contribution in [3.63, 3.8) is 0 Å². The van der Waals surface area contributed by atoms with Crippen LogP contribution in [0.2, 0.25) is 0 Å². The molecule has 0 N–H and O–H groups in total. The third-order valence-electron chi connectivity index (χ3n) is 1.82. The van der Waals surface area contributed by atoms with Gasteiger partial charge in [0.05, 0.1) is 11.4 Å². The van der Waals surface area contributed by atoms with Crippen LogP contribution < -0.4 is 0 Å². The van der Waals surface area contributed by atoms with Crippen LogP contribution in [0.1, 0.15) is 21.5 Å². The fourth-order valence-electron chi connectivity index (χ4n) is 1.09. The molecular weight excluding hydrogens is 312 g/mol. The molecule has 0 aliphatic carbocycles. The topological polar surface area (TPSA) is 40.9 Å². The van der Waals surface area contributed by atoms with E-state index in [-0.39, 0.29) is 11.7 Å². The lowest BCUT2D eigenvalue weighted by atomic mass is 10.0. The molecule has 0 aromatic heterocycles. The maximum atomic E-state index is 11.3. The van der Waals surface area contributed by atoms with Crippen molar-refractivity contribution in [2.45, 2.75) is 6.92 Å². The third kappa shape index (κ3) is 2.25. The van der Waals surface area contributed by atoms with Crippen LogP contribution >= 0.6 is 34.2 Å². The van der Waals surface area contributed by atoms with Gasteiger partial charge in [-0.1, -0.05) is 0 Å². The Hall–Kier alpha value is -0.600. The highest BCUT2D eigenvalue weighted by atomic mass is 127. The minimum atomic E-state index is -0.150. The van der Waals surface area contributed by atoms with Gasteiger partial charge in [-0.05, 0) is 47.2 Å². The summed E-state index contributed by atoms with van der Waals surface area (Å²) in [4.78, 5) is 11.3. The lowest BCUT2D eigenvalue weighted by Gasteiger charge is -2.03. The van der Waals surface area contributed by atoms with Crippen molar-refractivity contribution in [2.75, 3.05) is 5.88 Å². The Balaban J connectivity index is 3.32. The van der Waals surface area contributed by atoms with E-state index in [4.69, 9.17) is 16.9 Å². The SMILES string of the molecule is Cc1cc(C(=O)CCl)cc(C#N)c1I. The van der Waals surface area contributed by atoms with E-state index in [1.165, 1.54) is 0 Å². The van der Waals surface area contributed by atoms with E-state index >= 15 is 0 Å². The molecule has 0 amide bonds. The molecule has 1 rings (SSSR count). The standard InChI is InChI=1S/C10H7ClINO/c1-6-2-7(9(14)4-11)3-8(5-13)10(6)12/h2-3H,4H2,1H3. The first-order valence-corrected chi connectivity index (χ1v) is 5.51. The van der Waals surface area contributed by atoms with Gasteiger partial charge in [-0.25, -0.2) is 0 Å². The second kappa shape index (κ2) is 4.76. The van der Waals surface area contributed by atoms with Gasteiger partial charge in [0, 0.05) is 9.13 Å². The van der Waals surface area contributed by atoms with Crippen LogP contribution in [0, 0.1) is 21.8 Å². The van der Waals surface area contributed by atoms with Gasteiger partial charge >= 0.3 is 0 Å². The summed E-state index contributed by atoms with van der Waals surface area (Å²) in [6.45, 7) is 1.87. The summed E-state index contributed by atoms with van der Waals surface area (Å²) in [6, 6.07) is 5.39. The molecule has 0 radical (unpaired) electrons. The number of aryl methyl sites for hydroxylation is 1. The van der Waals surface area contributed by atoms with Crippen LogP contribution in [0.4, 0.5) is 0 Å². The first kappa shape index (κ1) is 11.5. The van der Waals surface area contributed by atoms with E-state index in [1.54, 1.807) is 12.1 Å². The number of nitrogens with zero attached hydrogens (tertiary/aromatic N) is 1. The molecule has 0 bridgehead atoms. The largest absolute Gasteiger partial charge is 0.293 e. The molecule has 72 valence electrons. The zero-order chi connectivity index (χ0) is 10.7. The van der Waals surface area contributed by atoms with Crippen molar-refractivity contribution in [1.82, 2.24) is 0 Å². The second-order valence-corrected chi connectivity index (χ2v) is 4.17. The average molecular weight is 320 g/mol. The second-order valence-electron chi connectivity index (χ2n) is 2.82. The van der Waals surface area contributed by atoms with Crippen LogP contribution in [0.15, 0.2) is 12.1 Å². The Labute approximate surface area is 101 Å². The average Bonchev–Trinajstić information content (AvgIpc) is 2.20. The van der Waals surface area contributed by atoms with Crippen molar-refractivity contribution >= 4 is 40.0 Å². The first-order chi connectivity index (χ1) is 6.60. The van der Waals surface area contributed by atoms with Crippen molar-refractivity contribution in [3.8, 4) is 6.07 Å². The van der Waals surface area contributed by atoms with E-state index in [0.717, 1.165) is 9.13 Å². The number of benzene rings is 1. The minimum absolute atomic E-state index is 0.0507. The van der Waals surface area contributed by atoms with E-state index < -0.39 is 0 Å². The molecule has 0 spiro atoms. The van der Waals surface area contributed by atoms with Gasteiger partial charge in [0.15, 0.2) is 5.78 Å². The van der Waals surface area contributed by atoms with E-state index in [1.807, 2.05) is 6.92 Å². The minimum Gasteiger partial charge on any atom is -0.293 e. The van der Waals surface area contributed by atoms with Gasteiger partial charge in [-0.2, -0.15) is 5.26 Å². The molecule has 0 aliphatic heterocycles. The molecule has 0 atom stereocenters. The zero-order valence-corrected chi connectivity index (χ0v) is 10.4. The predicted octanol–water partition coefficient (Wildman–Crippen LogP) is 2.89. The lowest BCUT2D eigenvalue weighted by Crippen LogP contribution is -2.02. The van der Waals surface area contributed by atoms with E-state index in [0.29, 0.717) is 11.1 Å². The van der Waals surface area contributed by atoms with Gasteiger partial charge in [0.1, 0.15) is 6.07 Å². The van der Waals surface area contributed by atoms with Crippen molar-refractivity contribution < 1.29 is 4.79 Å². The Kier molecular flexibility index (Phi) is 3.90. The molecule has 0 aliphatic rings. The van der Waals surface area contributed by atoms with Crippen LogP contribution in [0.25, 0.3) is 0 Å². The molecule has 0 fully saturated rings. The Bertz CT molecular complexity index is 423. The maximum Gasteiger partial charge on any atom is 0.177 e. The number of carbonyl (C=O) groups is 1. The number of Topliss-reactive ketones (excluding diaryl/α,β-unsaturated/α-hetero) is 1. The number of rotatable bonds is 2. The normalized spacial score (nSPS) is 9.57. The zero-order valence-electron chi connectivity index (χ0n) is 7.47. The number of hydrogen-bond donors (Lipinski definition) is 0. The molecule has 2 nitrogen and oxygen atoms in total. The molecule has 14 heavy (non-hydrogen) atoms. The molecule has 0 unspecified atom stereocenters. The summed E-state index contributed by atoms with van der Waals surface area (Å²) in [5, 5.41) is 8.82. The Morgan fingerprint density at radius 2 is 2.29 bits per heavy atom. The van der Waals surface area contributed by atoms with E-state index in [2.05, 4.69) is 28.7 Å². The lowest BCUT2D eigenvalue weighted by molar-refractivity contribution is 0.102. The summed E-state index contributed by atoms with van der Waals surface area (Å²) < 4.78 is 0.885. The fraction of sp³-hybridized carbons (Fsp3) is 0.200. The van der Waals surface area contributed by atoms with Gasteiger partial charge in [-0.15, -0.1) is 11.6 Å². The highest BCUT2D eigenvalue weighted by molar-refractivity contribution is 14.1. The molecular formula is C10H7ClINO. The molecule has 1 aromatic rings. The molecule has 0 saturated carbocycles. The highest BCUT2D eigenvalue weighted by Crippen LogP contribution is 2.19. The van der Waals surface area contributed by atoms with Gasteiger partial charge in [0.2, 0.25) is 0 Å². The number of ketones is 1. The van der Waals surface area contributed by atoms with Crippen LogP contribution in [0.3, 0.4) is 0 Å². The smallest absolute Gasteiger partial charge is 0.177 e. The predicted molar refractivity (Wildman–Crippen MR) is 63.7 cm³/mol. The number of nitriles is 1. The van der Waals surface area contributed by atoms with Crippen molar-refractivity contribution in [1.29, 1.82) is 5.26 Å². The number of alkyl halides is 1. The molecule has 1 aromatic carbocycles. The Morgan fingerprint density at radius 3 is 2.79 bits per heavy atom. The Morgan fingerprint density at radius 1 is 1.64 bits per heavy atom. The summed E-state index contributed by atoms with van der Waals surface area (Å²) in [6.07, 6.45) is 0. The fourth-order valence-corrected chi connectivity index (χ4v) is 1.68.